The van der Waals surface area contributed by atoms with Gasteiger partial charge in [-0.15, -0.1) is 0 Å². The molecule has 0 heterocycles. The van der Waals surface area contributed by atoms with Gasteiger partial charge in [0, 0.05) is 17.9 Å². The van der Waals surface area contributed by atoms with E-state index in [1.54, 1.807) is 0 Å². The van der Waals surface area contributed by atoms with Gasteiger partial charge in [0.1, 0.15) is 0 Å². The number of benzene rings is 1. The number of unbranched alkanes of at least 4 members (excludes halogenated alkanes) is 1. The van der Waals surface area contributed by atoms with E-state index in [9.17, 15) is 9.59 Å². The molecule has 0 bridgehead atoms. The van der Waals surface area contributed by atoms with Crippen molar-refractivity contribution in [2.75, 3.05) is 7.11 Å². The van der Waals surface area contributed by atoms with Gasteiger partial charge < -0.3 is 4.74 Å². The average Bonchev–Trinajstić information content (AvgIpc) is 2.45. The molecule has 0 unspecified atom stereocenters. The number of rotatable bonds is 5. The SMILES string of the molecule is COC(=O)CCCC[C@H]1CCc2ccccc2C1=O. The Morgan fingerprint density at radius 3 is 2.89 bits per heavy atom. The monoisotopic (exact) mass is 260 g/mol. The molecule has 102 valence electrons. The first-order valence-electron chi connectivity index (χ1n) is 6.91. The van der Waals surface area contributed by atoms with Crippen molar-refractivity contribution in [2.24, 2.45) is 5.92 Å². The maximum Gasteiger partial charge on any atom is 0.305 e. The molecule has 3 nitrogen and oxygen atoms in total. The van der Waals surface area contributed by atoms with Crippen LogP contribution in [0.2, 0.25) is 0 Å². The molecule has 0 saturated carbocycles. The van der Waals surface area contributed by atoms with Gasteiger partial charge in [0.15, 0.2) is 5.78 Å². The van der Waals surface area contributed by atoms with Gasteiger partial charge in [-0.3, -0.25) is 9.59 Å². The summed E-state index contributed by atoms with van der Waals surface area (Å²) in [6, 6.07) is 7.89. The summed E-state index contributed by atoms with van der Waals surface area (Å²) in [5, 5.41) is 0. The lowest BCUT2D eigenvalue weighted by molar-refractivity contribution is -0.140. The van der Waals surface area contributed by atoms with Crippen LogP contribution in [-0.2, 0) is 16.0 Å². The molecule has 0 amide bonds. The first kappa shape index (κ1) is 13.8. The van der Waals surface area contributed by atoms with E-state index in [2.05, 4.69) is 4.74 Å². The van der Waals surface area contributed by atoms with Gasteiger partial charge in [0.05, 0.1) is 7.11 Å². The van der Waals surface area contributed by atoms with Crippen molar-refractivity contribution in [1.82, 2.24) is 0 Å². The third-order valence-corrected chi connectivity index (χ3v) is 3.83. The van der Waals surface area contributed by atoms with Gasteiger partial charge in [-0.25, -0.2) is 0 Å². The second-order valence-electron chi connectivity index (χ2n) is 5.08. The molecule has 0 aliphatic heterocycles. The zero-order valence-electron chi connectivity index (χ0n) is 11.4. The zero-order chi connectivity index (χ0) is 13.7. The Bertz CT molecular complexity index is 465. The zero-order valence-corrected chi connectivity index (χ0v) is 11.4. The van der Waals surface area contributed by atoms with Crippen LogP contribution in [0.3, 0.4) is 0 Å². The van der Waals surface area contributed by atoms with Gasteiger partial charge in [0.25, 0.3) is 0 Å². The van der Waals surface area contributed by atoms with Crippen molar-refractivity contribution in [2.45, 2.75) is 38.5 Å². The van der Waals surface area contributed by atoms with Crippen LogP contribution in [0.1, 0.15) is 48.0 Å². The quantitative estimate of drug-likeness (QED) is 0.603. The molecule has 1 aliphatic carbocycles. The highest BCUT2D eigenvalue weighted by atomic mass is 16.5. The van der Waals surface area contributed by atoms with Crippen LogP contribution in [0.15, 0.2) is 24.3 Å². The number of ether oxygens (including phenoxy) is 1. The summed E-state index contributed by atoms with van der Waals surface area (Å²) in [5.41, 5.74) is 2.07. The Hall–Kier alpha value is -1.64. The molecule has 1 aromatic carbocycles. The molecule has 0 spiro atoms. The van der Waals surface area contributed by atoms with Crippen molar-refractivity contribution in [1.29, 1.82) is 0 Å². The van der Waals surface area contributed by atoms with Crippen LogP contribution in [0.25, 0.3) is 0 Å². The van der Waals surface area contributed by atoms with Crippen LogP contribution >= 0.6 is 0 Å². The lowest BCUT2D eigenvalue weighted by atomic mass is 9.80. The third kappa shape index (κ3) is 3.43. The Morgan fingerprint density at radius 1 is 1.32 bits per heavy atom. The fourth-order valence-electron chi connectivity index (χ4n) is 2.70. The van der Waals surface area contributed by atoms with Crippen LogP contribution < -0.4 is 0 Å². The summed E-state index contributed by atoms with van der Waals surface area (Å²) in [5.74, 6) is 0.243. The van der Waals surface area contributed by atoms with Gasteiger partial charge in [-0.2, -0.15) is 0 Å². The summed E-state index contributed by atoms with van der Waals surface area (Å²) in [6.45, 7) is 0. The lowest BCUT2D eigenvalue weighted by Gasteiger charge is -2.23. The van der Waals surface area contributed by atoms with E-state index in [0.717, 1.165) is 37.7 Å². The predicted octanol–water partition coefficient (Wildman–Crippen LogP) is 3.17. The number of methoxy groups -OCH3 is 1. The number of hydrogen-bond donors (Lipinski definition) is 0. The van der Waals surface area contributed by atoms with E-state index in [1.807, 2.05) is 24.3 Å². The topological polar surface area (TPSA) is 43.4 Å². The van der Waals surface area contributed by atoms with Crippen molar-refractivity contribution in [3.05, 3.63) is 35.4 Å². The highest BCUT2D eigenvalue weighted by Gasteiger charge is 2.26. The van der Waals surface area contributed by atoms with E-state index in [4.69, 9.17) is 0 Å². The first-order chi connectivity index (χ1) is 9.22. The van der Waals surface area contributed by atoms with E-state index in [1.165, 1.54) is 12.7 Å². The summed E-state index contributed by atoms with van der Waals surface area (Å²) in [4.78, 5) is 23.3. The molecular weight excluding hydrogens is 240 g/mol. The van der Waals surface area contributed by atoms with Gasteiger partial charge in [-0.1, -0.05) is 30.7 Å². The number of carbonyl (C=O) groups is 2. The van der Waals surface area contributed by atoms with Crippen LogP contribution in [0, 0.1) is 5.92 Å². The van der Waals surface area contributed by atoms with Crippen LogP contribution in [0.4, 0.5) is 0 Å². The first-order valence-corrected chi connectivity index (χ1v) is 6.91. The minimum Gasteiger partial charge on any atom is -0.469 e. The van der Waals surface area contributed by atoms with Crippen LogP contribution in [-0.4, -0.2) is 18.9 Å². The number of ketones is 1. The maximum atomic E-state index is 12.3. The Morgan fingerprint density at radius 2 is 2.11 bits per heavy atom. The number of Topliss-reactive ketones (excluding diaryl/α,β-unsaturated/α-hetero) is 1. The standard InChI is InChI=1S/C16H20O3/c1-19-15(17)9-5-3-7-13-11-10-12-6-2-4-8-14(12)16(13)18/h2,4,6,8,13H,3,5,7,9-11H2,1H3/t13-/m0/s1. The molecule has 0 saturated heterocycles. The number of aryl methyl sites for hydroxylation is 1. The highest BCUT2D eigenvalue weighted by molar-refractivity contribution is 6.00. The maximum absolute atomic E-state index is 12.3. The molecule has 2 rings (SSSR count). The number of hydrogen-bond acceptors (Lipinski definition) is 3. The average molecular weight is 260 g/mol. The molecule has 0 radical (unpaired) electrons. The minimum absolute atomic E-state index is 0.132. The Labute approximate surface area is 114 Å². The number of esters is 1. The molecule has 3 heteroatoms. The fourth-order valence-corrected chi connectivity index (χ4v) is 2.70. The lowest BCUT2D eigenvalue weighted by Crippen LogP contribution is -2.22. The molecular formula is C16H20O3. The van der Waals surface area contributed by atoms with Crippen molar-refractivity contribution < 1.29 is 14.3 Å². The van der Waals surface area contributed by atoms with Crippen LogP contribution in [0.5, 0.6) is 0 Å². The molecule has 1 aliphatic rings. The number of fused-ring (bicyclic) bond motifs is 1. The fraction of sp³-hybridized carbons (Fsp3) is 0.500. The summed E-state index contributed by atoms with van der Waals surface area (Å²) >= 11 is 0. The molecule has 0 N–H and O–H groups in total. The Kier molecular flexibility index (Phi) is 4.72. The minimum atomic E-state index is -0.166. The third-order valence-electron chi connectivity index (χ3n) is 3.83. The summed E-state index contributed by atoms with van der Waals surface area (Å²) in [6.07, 6.45) is 4.97. The predicted molar refractivity (Wildman–Crippen MR) is 73.1 cm³/mol. The van der Waals surface area contributed by atoms with Crippen molar-refractivity contribution >= 4 is 11.8 Å². The van der Waals surface area contributed by atoms with Crippen molar-refractivity contribution in [3.63, 3.8) is 0 Å². The summed E-state index contributed by atoms with van der Waals surface area (Å²) < 4.78 is 4.60. The van der Waals surface area contributed by atoms with Gasteiger partial charge in [0.2, 0.25) is 0 Å². The molecule has 1 atom stereocenters. The summed E-state index contributed by atoms with van der Waals surface area (Å²) in [7, 11) is 1.41. The van der Waals surface area contributed by atoms with E-state index >= 15 is 0 Å². The molecule has 1 aromatic rings. The van der Waals surface area contributed by atoms with E-state index in [0.29, 0.717) is 6.42 Å². The highest BCUT2D eigenvalue weighted by Crippen LogP contribution is 2.28. The molecule has 0 aromatic heterocycles. The molecule has 19 heavy (non-hydrogen) atoms. The second-order valence-corrected chi connectivity index (χ2v) is 5.08. The smallest absolute Gasteiger partial charge is 0.305 e. The normalized spacial score (nSPS) is 17.9. The second kappa shape index (κ2) is 6.50. The van der Waals surface area contributed by atoms with E-state index < -0.39 is 0 Å². The van der Waals surface area contributed by atoms with Gasteiger partial charge in [-0.05, 0) is 31.2 Å². The van der Waals surface area contributed by atoms with Crippen molar-refractivity contribution in [3.8, 4) is 0 Å². The van der Waals surface area contributed by atoms with E-state index in [-0.39, 0.29) is 17.7 Å². The Balaban J connectivity index is 1.84. The number of carbonyl (C=O) groups excluding carboxylic acids is 2. The van der Waals surface area contributed by atoms with Gasteiger partial charge >= 0.3 is 5.97 Å². The largest absolute Gasteiger partial charge is 0.469 e. The molecule has 0 fully saturated rings.